The third-order valence-electron chi connectivity index (χ3n) is 6.00. The monoisotopic (exact) mass is 405 g/mol. The van der Waals surface area contributed by atoms with E-state index in [2.05, 4.69) is 53.2 Å². The van der Waals surface area contributed by atoms with E-state index in [1.165, 1.54) is 5.56 Å². The minimum atomic E-state index is -0.0355. The summed E-state index contributed by atoms with van der Waals surface area (Å²) in [6.45, 7) is 11.4. The van der Waals surface area contributed by atoms with Gasteiger partial charge in [0.05, 0.1) is 11.3 Å². The molecular formula is C24H31N5O. The van der Waals surface area contributed by atoms with E-state index in [9.17, 15) is 4.79 Å². The Bertz CT molecular complexity index is 987. The molecule has 1 fully saturated rings. The Kier molecular flexibility index (Phi) is 6.45. The van der Waals surface area contributed by atoms with Crippen LogP contribution in [0.4, 0.5) is 0 Å². The summed E-state index contributed by atoms with van der Waals surface area (Å²) in [5.41, 5.74) is 4.82. The maximum absolute atomic E-state index is 12.6. The highest BCUT2D eigenvalue weighted by molar-refractivity contribution is 5.94. The van der Waals surface area contributed by atoms with E-state index >= 15 is 0 Å². The van der Waals surface area contributed by atoms with Crippen LogP contribution in [0.15, 0.2) is 48.8 Å². The van der Waals surface area contributed by atoms with Gasteiger partial charge in [0.25, 0.3) is 5.91 Å². The lowest BCUT2D eigenvalue weighted by atomic mass is 10.1. The molecule has 158 valence electrons. The van der Waals surface area contributed by atoms with Gasteiger partial charge < -0.3 is 14.6 Å². The lowest BCUT2D eigenvalue weighted by Crippen LogP contribution is -2.48. The van der Waals surface area contributed by atoms with Gasteiger partial charge >= 0.3 is 0 Å². The second-order valence-electron chi connectivity index (χ2n) is 7.89. The molecule has 6 heteroatoms. The second kappa shape index (κ2) is 9.41. The Morgan fingerprint density at radius 2 is 1.70 bits per heavy atom. The van der Waals surface area contributed by atoms with Crippen molar-refractivity contribution in [3.8, 4) is 11.3 Å². The standard InChI is InChI=1S/C24H31N5O/c1-3-19-5-7-20(8-6-19)22-18-29-17-21(9-10-23(29)26-22)24(30)25-11-12-28-15-13-27(4-2)14-16-28/h5-10,17-18H,3-4,11-16H2,1-2H3,(H,25,30). The number of hydrogen-bond donors (Lipinski definition) is 1. The van der Waals surface area contributed by atoms with Crippen LogP contribution in [0, 0.1) is 0 Å². The highest BCUT2D eigenvalue weighted by atomic mass is 16.1. The van der Waals surface area contributed by atoms with Gasteiger partial charge in [-0.3, -0.25) is 9.69 Å². The Balaban J connectivity index is 1.36. The summed E-state index contributed by atoms with van der Waals surface area (Å²) in [6.07, 6.45) is 4.88. The molecule has 1 saturated heterocycles. The number of nitrogens with one attached hydrogen (secondary N) is 1. The van der Waals surface area contributed by atoms with E-state index in [0.29, 0.717) is 12.1 Å². The first-order valence-electron chi connectivity index (χ1n) is 11.0. The molecule has 0 unspecified atom stereocenters. The van der Waals surface area contributed by atoms with E-state index in [1.807, 2.05) is 28.9 Å². The van der Waals surface area contributed by atoms with Crippen molar-refractivity contribution in [2.24, 2.45) is 0 Å². The van der Waals surface area contributed by atoms with Crippen molar-refractivity contribution in [3.63, 3.8) is 0 Å². The molecule has 0 bridgehead atoms. The molecule has 0 spiro atoms. The first-order chi connectivity index (χ1) is 14.7. The Labute approximate surface area is 178 Å². The fourth-order valence-corrected chi connectivity index (χ4v) is 3.94. The van der Waals surface area contributed by atoms with Crippen molar-refractivity contribution in [2.75, 3.05) is 45.8 Å². The number of fused-ring (bicyclic) bond motifs is 1. The van der Waals surface area contributed by atoms with E-state index in [1.54, 1.807) is 0 Å². The quantitative estimate of drug-likeness (QED) is 0.657. The Morgan fingerprint density at radius 1 is 0.967 bits per heavy atom. The number of likely N-dealkylation sites (N-methyl/N-ethyl adjacent to an activating group) is 1. The molecule has 0 atom stereocenters. The van der Waals surface area contributed by atoms with Gasteiger partial charge in [-0.05, 0) is 30.7 Å². The first-order valence-corrected chi connectivity index (χ1v) is 11.0. The molecule has 1 aliphatic heterocycles. The van der Waals surface area contributed by atoms with Gasteiger partial charge in [0, 0.05) is 57.2 Å². The van der Waals surface area contributed by atoms with E-state index in [4.69, 9.17) is 4.98 Å². The Hall–Kier alpha value is -2.70. The zero-order chi connectivity index (χ0) is 20.9. The zero-order valence-electron chi connectivity index (χ0n) is 18.0. The number of piperazine rings is 1. The summed E-state index contributed by atoms with van der Waals surface area (Å²) in [6, 6.07) is 12.2. The number of aromatic nitrogens is 2. The van der Waals surface area contributed by atoms with Crippen LogP contribution in [0.25, 0.3) is 16.9 Å². The van der Waals surface area contributed by atoms with Crippen molar-refractivity contribution in [1.82, 2.24) is 24.5 Å². The lowest BCUT2D eigenvalue weighted by molar-refractivity contribution is 0.0937. The van der Waals surface area contributed by atoms with Gasteiger partial charge in [0.2, 0.25) is 0 Å². The van der Waals surface area contributed by atoms with Crippen LogP contribution in [0.1, 0.15) is 29.8 Å². The van der Waals surface area contributed by atoms with Gasteiger partial charge in [-0.1, -0.05) is 38.1 Å². The molecule has 1 aliphatic rings. The van der Waals surface area contributed by atoms with Crippen LogP contribution < -0.4 is 5.32 Å². The van der Waals surface area contributed by atoms with Crippen molar-refractivity contribution in [2.45, 2.75) is 20.3 Å². The number of nitrogens with zero attached hydrogens (tertiary/aromatic N) is 4. The predicted octanol–water partition coefficient (Wildman–Crippen LogP) is 2.93. The molecule has 1 N–H and O–H groups in total. The number of carbonyl (C=O) groups is 1. The van der Waals surface area contributed by atoms with Crippen molar-refractivity contribution < 1.29 is 4.79 Å². The summed E-state index contributed by atoms with van der Waals surface area (Å²) < 4.78 is 1.93. The molecule has 3 heterocycles. The summed E-state index contributed by atoms with van der Waals surface area (Å²) in [5.74, 6) is -0.0355. The van der Waals surface area contributed by atoms with Gasteiger partial charge in [-0.2, -0.15) is 0 Å². The summed E-state index contributed by atoms with van der Waals surface area (Å²) in [4.78, 5) is 22.2. The van der Waals surface area contributed by atoms with Gasteiger partial charge in [-0.15, -0.1) is 0 Å². The number of carbonyl (C=O) groups excluding carboxylic acids is 1. The van der Waals surface area contributed by atoms with Gasteiger partial charge in [-0.25, -0.2) is 4.98 Å². The molecule has 30 heavy (non-hydrogen) atoms. The molecule has 0 radical (unpaired) electrons. The van der Waals surface area contributed by atoms with Crippen LogP contribution in [0.2, 0.25) is 0 Å². The SMILES string of the molecule is CCc1ccc(-c2cn3cc(C(=O)NCCN4CCN(CC)CC4)ccc3n2)cc1. The fraction of sp³-hybridized carbons (Fsp3) is 0.417. The fourth-order valence-electron chi connectivity index (χ4n) is 3.94. The Morgan fingerprint density at radius 3 is 2.40 bits per heavy atom. The predicted molar refractivity (Wildman–Crippen MR) is 121 cm³/mol. The first kappa shape index (κ1) is 20.6. The average Bonchev–Trinajstić information content (AvgIpc) is 3.23. The van der Waals surface area contributed by atoms with Crippen LogP contribution >= 0.6 is 0 Å². The lowest BCUT2D eigenvalue weighted by Gasteiger charge is -2.33. The minimum absolute atomic E-state index is 0.0355. The van der Waals surface area contributed by atoms with Crippen molar-refractivity contribution >= 4 is 11.6 Å². The second-order valence-corrected chi connectivity index (χ2v) is 7.89. The zero-order valence-corrected chi connectivity index (χ0v) is 18.0. The van der Waals surface area contributed by atoms with Crippen molar-refractivity contribution in [1.29, 1.82) is 0 Å². The molecule has 3 aromatic rings. The van der Waals surface area contributed by atoms with Crippen LogP contribution in [-0.2, 0) is 6.42 Å². The average molecular weight is 406 g/mol. The molecular weight excluding hydrogens is 374 g/mol. The highest BCUT2D eigenvalue weighted by Crippen LogP contribution is 2.20. The summed E-state index contributed by atoms with van der Waals surface area (Å²) in [7, 11) is 0. The molecule has 0 aliphatic carbocycles. The van der Waals surface area contributed by atoms with Crippen LogP contribution in [0.3, 0.4) is 0 Å². The normalized spacial score (nSPS) is 15.5. The van der Waals surface area contributed by atoms with Crippen LogP contribution in [-0.4, -0.2) is 70.9 Å². The smallest absolute Gasteiger partial charge is 0.252 e. The number of amides is 1. The largest absolute Gasteiger partial charge is 0.351 e. The molecule has 1 aromatic carbocycles. The third kappa shape index (κ3) is 4.71. The summed E-state index contributed by atoms with van der Waals surface area (Å²) >= 11 is 0. The van der Waals surface area contributed by atoms with Gasteiger partial charge in [0.1, 0.15) is 5.65 Å². The summed E-state index contributed by atoms with van der Waals surface area (Å²) in [5, 5.41) is 3.06. The van der Waals surface area contributed by atoms with Crippen molar-refractivity contribution in [3.05, 3.63) is 59.9 Å². The van der Waals surface area contributed by atoms with Crippen LogP contribution in [0.5, 0.6) is 0 Å². The molecule has 0 saturated carbocycles. The third-order valence-corrected chi connectivity index (χ3v) is 6.00. The van der Waals surface area contributed by atoms with Gasteiger partial charge in [0.15, 0.2) is 0 Å². The molecule has 2 aromatic heterocycles. The molecule has 1 amide bonds. The minimum Gasteiger partial charge on any atom is -0.351 e. The number of pyridine rings is 1. The number of rotatable bonds is 7. The maximum atomic E-state index is 12.6. The molecule has 4 rings (SSSR count). The highest BCUT2D eigenvalue weighted by Gasteiger charge is 2.15. The number of hydrogen-bond acceptors (Lipinski definition) is 4. The number of imidazole rings is 1. The van der Waals surface area contributed by atoms with E-state index in [-0.39, 0.29) is 5.91 Å². The van der Waals surface area contributed by atoms with E-state index in [0.717, 1.165) is 62.6 Å². The molecule has 6 nitrogen and oxygen atoms in total. The maximum Gasteiger partial charge on any atom is 0.252 e. The number of aryl methyl sites for hydroxylation is 1. The topological polar surface area (TPSA) is 52.9 Å². The number of benzene rings is 1. The van der Waals surface area contributed by atoms with E-state index < -0.39 is 0 Å².